The monoisotopic (exact) mass is 402 g/mol. The first-order chi connectivity index (χ1) is 14.7. The van der Waals surface area contributed by atoms with Gasteiger partial charge in [0.15, 0.2) is 0 Å². The SMILES string of the molecule is O=C(CCc1c[nH]c2ccccc12)N[C@@H]1CCCc2c1cnn2-c1ccccc1F. The normalized spacial score (nSPS) is 15.8. The van der Waals surface area contributed by atoms with Crippen LogP contribution in [0.4, 0.5) is 4.39 Å². The molecule has 1 aliphatic rings. The predicted octanol–water partition coefficient (Wildman–Crippen LogP) is 4.62. The molecule has 2 aromatic carbocycles. The van der Waals surface area contributed by atoms with Crippen LogP contribution in [0.25, 0.3) is 16.6 Å². The Morgan fingerprint density at radius 3 is 2.93 bits per heavy atom. The minimum Gasteiger partial charge on any atom is -0.361 e. The quantitative estimate of drug-likeness (QED) is 0.512. The molecule has 0 aliphatic heterocycles. The molecule has 2 N–H and O–H groups in total. The number of carbonyl (C=O) groups excluding carboxylic acids is 1. The number of fused-ring (bicyclic) bond motifs is 2. The number of halogens is 1. The van der Waals surface area contributed by atoms with Crippen molar-refractivity contribution < 1.29 is 9.18 Å². The summed E-state index contributed by atoms with van der Waals surface area (Å²) >= 11 is 0. The molecule has 0 spiro atoms. The van der Waals surface area contributed by atoms with Crippen LogP contribution in [0.2, 0.25) is 0 Å². The van der Waals surface area contributed by atoms with Crippen molar-refractivity contribution >= 4 is 16.8 Å². The lowest BCUT2D eigenvalue weighted by Crippen LogP contribution is -2.31. The third kappa shape index (κ3) is 3.38. The van der Waals surface area contributed by atoms with Gasteiger partial charge in [-0.2, -0.15) is 5.10 Å². The number of aryl methyl sites for hydroxylation is 1. The topological polar surface area (TPSA) is 62.7 Å². The first-order valence-electron chi connectivity index (χ1n) is 10.4. The maximum atomic E-state index is 14.2. The van der Waals surface area contributed by atoms with Crippen LogP contribution < -0.4 is 5.32 Å². The smallest absolute Gasteiger partial charge is 0.220 e. The van der Waals surface area contributed by atoms with Crippen molar-refractivity contribution in [1.29, 1.82) is 0 Å². The van der Waals surface area contributed by atoms with Gasteiger partial charge in [0.05, 0.1) is 12.2 Å². The van der Waals surface area contributed by atoms with Gasteiger partial charge in [0.25, 0.3) is 0 Å². The van der Waals surface area contributed by atoms with Gasteiger partial charge in [0.2, 0.25) is 5.91 Å². The van der Waals surface area contributed by atoms with E-state index in [9.17, 15) is 9.18 Å². The summed E-state index contributed by atoms with van der Waals surface area (Å²) in [4.78, 5) is 15.9. The molecule has 1 amide bonds. The molecule has 4 aromatic rings. The lowest BCUT2D eigenvalue weighted by Gasteiger charge is -2.24. The van der Waals surface area contributed by atoms with Crippen LogP contribution in [-0.2, 0) is 17.6 Å². The summed E-state index contributed by atoms with van der Waals surface area (Å²) in [7, 11) is 0. The van der Waals surface area contributed by atoms with Crippen molar-refractivity contribution in [3.63, 3.8) is 0 Å². The lowest BCUT2D eigenvalue weighted by atomic mass is 9.92. The van der Waals surface area contributed by atoms with E-state index in [1.54, 1.807) is 29.1 Å². The Hall–Kier alpha value is -3.41. The summed E-state index contributed by atoms with van der Waals surface area (Å²) in [6.45, 7) is 0. The third-order valence-electron chi connectivity index (χ3n) is 5.90. The number of H-pyrrole nitrogens is 1. The number of amides is 1. The highest BCUT2D eigenvalue weighted by atomic mass is 19.1. The van der Waals surface area contributed by atoms with Gasteiger partial charge >= 0.3 is 0 Å². The Kier molecular flexibility index (Phi) is 4.83. The summed E-state index contributed by atoms with van der Waals surface area (Å²) in [6.07, 6.45) is 7.49. The Morgan fingerprint density at radius 1 is 1.20 bits per heavy atom. The Labute approximate surface area is 173 Å². The molecule has 0 saturated carbocycles. The molecule has 2 heterocycles. The molecule has 6 heteroatoms. The van der Waals surface area contributed by atoms with E-state index < -0.39 is 0 Å². The van der Waals surface area contributed by atoms with E-state index in [4.69, 9.17) is 0 Å². The van der Waals surface area contributed by atoms with Gasteiger partial charge in [-0.15, -0.1) is 0 Å². The first-order valence-corrected chi connectivity index (χ1v) is 10.4. The summed E-state index contributed by atoms with van der Waals surface area (Å²) in [5.41, 5.74) is 4.66. The van der Waals surface area contributed by atoms with Crippen molar-refractivity contribution in [3.05, 3.63) is 83.6 Å². The second kappa shape index (κ2) is 7.78. The molecule has 1 atom stereocenters. The van der Waals surface area contributed by atoms with Crippen molar-refractivity contribution in [2.75, 3.05) is 0 Å². The summed E-state index contributed by atoms with van der Waals surface area (Å²) < 4.78 is 15.9. The number of carbonyl (C=O) groups is 1. The fraction of sp³-hybridized carbons (Fsp3) is 0.250. The van der Waals surface area contributed by atoms with Crippen LogP contribution >= 0.6 is 0 Å². The summed E-state index contributed by atoms with van der Waals surface area (Å²) in [5.74, 6) is -0.273. The van der Waals surface area contributed by atoms with Crippen molar-refractivity contribution in [2.24, 2.45) is 0 Å². The Morgan fingerprint density at radius 2 is 2.03 bits per heavy atom. The van der Waals surface area contributed by atoms with Crippen molar-refractivity contribution in [1.82, 2.24) is 20.1 Å². The predicted molar refractivity (Wildman–Crippen MR) is 114 cm³/mol. The molecular formula is C24H23FN4O. The number of aromatic amines is 1. The molecule has 152 valence electrons. The van der Waals surface area contributed by atoms with Gasteiger partial charge in [0, 0.05) is 34.8 Å². The van der Waals surface area contributed by atoms with Gasteiger partial charge in [-0.1, -0.05) is 30.3 Å². The second-order valence-corrected chi connectivity index (χ2v) is 7.78. The Balaban J connectivity index is 1.30. The van der Waals surface area contributed by atoms with E-state index in [1.807, 2.05) is 24.4 Å². The number of hydrogen-bond acceptors (Lipinski definition) is 2. The van der Waals surface area contributed by atoms with Crippen LogP contribution in [-0.4, -0.2) is 20.7 Å². The summed E-state index contributed by atoms with van der Waals surface area (Å²) in [6, 6.07) is 14.7. The molecular weight excluding hydrogens is 379 g/mol. The minimum absolute atomic E-state index is 0.0248. The van der Waals surface area contributed by atoms with E-state index in [2.05, 4.69) is 21.5 Å². The standard InChI is InChI=1S/C24H23FN4O/c25-19-7-2-4-10-23(19)29-22-11-5-9-21(18(22)15-27-29)28-24(30)13-12-16-14-26-20-8-3-1-6-17(16)20/h1-4,6-8,10,14-15,21,26H,5,9,11-13H2,(H,28,30)/t21-/m1/s1. The Bertz CT molecular complexity index is 1210. The van der Waals surface area contributed by atoms with E-state index >= 15 is 0 Å². The van der Waals surface area contributed by atoms with Crippen LogP contribution in [0.3, 0.4) is 0 Å². The molecule has 0 saturated heterocycles. The zero-order chi connectivity index (χ0) is 20.5. The molecule has 5 nitrogen and oxygen atoms in total. The highest BCUT2D eigenvalue weighted by molar-refractivity contribution is 5.84. The number of rotatable bonds is 5. The van der Waals surface area contributed by atoms with Crippen molar-refractivity contribution in [2.45, 2.75) is 38.1 Å². The third-order valence-corrected chi connectivity index (χ3v) is 5.90. The maximum absolute atomic E-state index is 14.2. The van der Waals surface area contributed by atoms with Crippen molar-refractivity contribution in [3.8, 4) is 5.69 Å². The number of para-hydroxylation sites is 2. The van der Waals surface area contributed by atoms with Gasteiger partial charge in [-0.3, -0.25) is 4.79 Å². The van der Waals surface area contributed by atoms with Gasteiger partial charge in [0.1, 0.15) is 11.5 Å². The minimum atomic E-state index is -0.298. The zero-order valence-corrected chi connectivity index (χ0v) is 16.6. The average molecular weight is 402 g/mol. The number of hydrogen-bond donors (Lipinski definition) is 2. The molecule has 0 radical (unpaired) electrons. The van der Waals surface area contributed by atoms with Gasteiger partial charge < -0.3 is 10.3 Å². The van der Waals surface area contributed by atoms with E-state index in [0.717, 1.165) is 47.0 Å². The maximum Gasteiger partial charge on any atom is 0.220 e. The number of aromatic nitrogens is 3. The van der Waals surface area contributed by atoms with Crippen LogP contribution in [0, 0.1) is 5.82 Å². The number of nitrogens with zero attached hydrogens (tertiary/aromatic N) is 2. The zero-order valence-electron chi connectivity index (χ0n) is 16.6. The van der Waals surface area contributed by atoms with Gasteiger partial charge in [-0.25, -0.2) is 9.07 Å². The van der Waals surface area contributed by atoms with E-state index in [1.165, 1.54) is 6.07 Å². The molecule has 0 fully saturated rings. The molecule has 30 heavy (non-hydrogen) atoms. The average Bonchev–Trinajstić information content (AvgIpc) is 3.38. The van der Waals surface area contributed by atoms with E-state index in [-0.39, 0.29) is 17.8 Å². The van der Waals surface area contributed by atoms with Gasteiger partial charge in [-0.05, 0) is 49.4 Å². The fourth-order valence-electron chi connectivity index (χ4n) is 4.39. The highest BCUT2D eigenvalue weighted by Crippen LogP contribution is 2.31. The van der Waals surface area contributed by atoms with E-state index in [0.29, 0.717) is 18.5 Å². The molecule has 1 aliphatic carbocycles. The van der Waals surface area contributed by atoms with Crippen LogP contribution in [0.5, 0.6) is 0 Å². The molecule has 5 rings (SSSR count). The van der Waals surface area contributed by atoms with Crippen LogP contribution in [0.1, 0.15) is 42.1 Å². The highest BCUT2D eigenvalue weighted by Gasteiger charge is 2.26. The molecule has 0 unspecified atom stereocenters. The largest absolute Gasteiger partial charge is 0.361 e. The molecule has 2 aromatic heterocycles. The summed E-state index contributed by atoms with van der Waals surface area (Å²) in [5, 5.41) is 8.76. The first kappa shape index (κ1) is 18.6. The second-order valence-electron chi connectivity index (χ2n) is 7.78. The lowest BCUT2D eigenvalue weighted by molar-refractivity contribution is -0.121. The molecule has 0 bridgehead atoms. The fourth-order valence-corrected chi connectivity index (χ4v) is 4.39. The number of benzene rings is 2. The number of nitrogens with one attached hydrogen (secondary N) is 2. The van der Waals surface area contributed by atoms with Crippen LogP contribution in [0.15, 0.2) is 60.9 Å².